The van der Waals surface area contributed by atoms with Crippen LogP contribution in [-0.4, -0.2) is 30.9 Å². The van der Waals surface area contributed by atoms with Gasteiger partial charge < -0.3 is 15.0 Å². The van der Waals surface area contributed by atoms with Gasteiger partial charge in [-0.25, -0.2) is 0 Å². The second-order valence-electron chi connectivity index (χ2n) is 6.69. The molecule has 1 N–H and O–H groups in total. The number of anilines is 2. The van der Waals surface area contributed by atoms with Crippen LogP contribution in [-0.2, 0) is 25.5 Å². The van der Waals surface area contributed by atoms with Gasteiger partial charge in [0.1, 0.15) is 0 Å². The molecule has 152 valence electrons. The Morgan fingerprint density at radius 1 is 1.24 bits per heavy atom. The van der Waals surface area contributed by atoms with Crippen molar-refractivity contribution in [1.29, 1.82) is 0 Å². The first kappa shape index (κ1) is 21.3. The van der Waals surface area contributed by atoms with E-state index in [2.05, 4.69) is 21.2 Å². The average Bonchev–Trinajstić information content (AvgIpc) is 3.09. The molecule has 1 aliphatic heterocycles. The monoisotopic (exact) mass is 478 g/mol. The summed E-state index contributed by atoms with van der Waals surface area (Å²) in [5.41, 5.74) is 2.33. The van der Waals surface area contributed by atoms with Gasteiger partial charge in [0.2, 0.25) is 5.91 Å². The highest BCUT2D eigenvalue weighted by Crippen LogP contribution is 2.27. The first-order valence-electron chi connectivity index (χ1n) is 9.18. The van der Waals surface area contributed by atoms with Crippen LogP contribution in [0.5, 0.6) is 0 Å². The van der Waals surface area contributed by atoms with Gasteiger partial charge >= 0.3 is 5.97 Å². The molecule has 0 spiro atoms. The van der Waals surface area contributed by atoms with E-state index in [1.807, 2.05) is 19.1 Å². The number of amides is 2. The van der Waals surface area contributed by atoms with Crippen molar-refractivity contribution in [2.45, 2.75) is 19.8 Å². The fourth-order valence-corrected chi connectivity index (χ4v) is 3.69. The smallest absolute Gasteiger partial charge is 0.311 e. The van der Waals surface area contributed by atoms with E-state index in [1.165, 1.54) is 4.90 Å². The Bertz CT molecular complexity index is 933. The third-order valence-corrected chi connectivity index (χ3v) is 5.41. The molecule has 0 radical (unpaired) electrons. The Morgan fingerprint density at radius 3 is 2.66 bits per heavy atom. The lowest BCUT2D eigenvalue weighted by atomic mass is 10.1. The van der Waals surface area contributed by atoms with Crippen molar-refractivity contribution in [3.8, 4) is 0 Å². The largest absolute Gasteiger partial charge is 0.455 e. The number of carbonyl (C=O) groups excluding carboxylic acids is 3. The molecule has 0 aromatic heterocycles. The molecule has 1 aliphatic rings. The maximum atomic E-state index is 12.3. The van der Waals surface area contributed by atoms with E-state index in [-0.39, 0.29) is 18.9 Å². The summed E-state index contributed by atoms with van der Waals surface area (Å²) in [5, 5.41) is 3.33. The predicted molar refractivity (Wildman–Crippen MR) is 115 cm³/mol. The van der Waals surface area contributed by atoms with E-state index in [9.17, 15) is 14.4 Å². The highest BCUT2D eigenvalue weighted by Gasteiger charge is 2.36. The van der Waals surface area contributed by atoms with Crippen LogP contribution in [0, 0.1) is 5.92 Å². The van der Waals surface area contributed by atoms with E-state index in [4.69, 9.17) is 16.3 Å². The number of aryl methyl sites for hydroxylation is 1. The molecule has 1 saturated heterocycles. The highest BCUT2D eigenvalue weighted by atomic mass is 79.9. The first-order chi connectivity index (χ1) is 13.9. The van der Waals surface area contributed by atoms with Crippen molar-refractivity contribution in [2.24, 2.45) is 5.92 Å². The van der Waals surface area contributed by atoms with Crippen molar-refractivity contribution in [3.63, 3.8) is 0 Å². The standard InChI is InChI=1S/C21H20BrClN2O4/c1-2-13-9-15(22)3-8-18(13)24-19(26)12-29-21(28)14-10-20(27)25(11-14)17-6-4-16(23)5-7-17/h3-9,14H,2,10-12H2,1H3,(H,24,26)/t14-/m1/s1. The van der Waals surface area contributed by atoms with Gasteiger partial charge in [0, 0.05) is 33.8 Å². The van der Waals surface area contributed by atoms with E-state index in [0.29, 0.717) is 16.4 Å². The minimum atomic E-state index is -0.607. The molecule has 0 saturated carbocycles. The summed E-state index contributed by atoms with van der Waals surface area (Å²) in [4.78, 5) is 38.3. The lowest BCUT2D eigenvalue weighted by Gasteiger charge is -2.16. The molecular weight excluding hydrogens is 460 g/mol. The topological polar surface area (TPSA) is 75.7 Å². The van der Waals surface area contributed by atoms with Crippen LogP contribution >= 0.6 is 27.5 Å². The Hall–Kier alpha value is -2.38. The summed E-state index contributed by atoms with van der Waals surface area (Å²) >= 11 is 9.27. The Kier molecular flexibility index (Phi) is 6.92. The minimum absolute atomic E-state index is 0.0514. The molecule has 1 heterocycles. The number of hydrogen-bond acceptors (Lipinski definition) is 4. The second-order valence-corrected chi connectivity index (χ2v) is 8.04. The molecule has 6 nitrogen and oxygen atoms in total. The number of carbonyl (C=O) groups is 3. The van der Waals surface area contributed by atoms with Crippen molar-refractivity contribution in [2.75, 3.05) is 23.4 Å². The van der Waals surface area contributed by atoms with Crippen molar-refractivity contribution in [1.82, 2.24) is 0 Å². The molecule has 29 heavy (non-hydrogen) atoms. The number of esters is 1. The SMILES string of the molecule is CCc1cc(Br)ccc1NC(=O)COC(=O)[C@@H]1CC(=O)N(c2ccc(Cl)cc2)C1. The molecular formula is C21H20BrClN2O4. The van der Waals surface area contributed by atoms with E-state index in [0.717, 1.165) is 16.5 Å². The molecule has 1 atom stereocenters. The van der Waals surface area contributed by atoms with E-state index < -0.39 is 24.4 Å². The molecule has 2 aromatic rings. The highest BCUT2D eigenvalue weighted by molar-refractivity contribution is 9.10. The lowest BCUT2D eigenvalue weighted by Crippen LogP contribution is -2.28. The zero-order valence-corrected chi connectivity index (χ0v) is 18.1. The van der Waals surface area contributed by atoms with Gasteiger partial charge in [-0.1, -0.05) is 34.5 Å². The number of rotatable bonds is 6. The third-order valence-electron chi connectivity index (χ3n) is 4.66. The summed E-state index contributed by atoms with van der Waals surface area (Å²) in [5.74, 6) is -1.75. The van der Waals surface area contributed by atoms with Gasteiger partial charge in [0.15, 0.2) is 6.61 Å². The fraction of sp³-hybridized carbons (Fsp3) is 0.286. The number of hydrogen-bond donors (Lipinski definition) is 1. The molecule has 3 rings (SSSR count). The summed E-state index contributed by atoms with van der Waals surface area (Å²) < 4.78 is 6.07. The second kappa shape index (κ2) is 9.41. The minimum Gasteiger partial charge on any atom is -0.455 e. The van der Waals surface area contributed by atoms with Gasteiger partial charge in [-0.3, -0.25) is 14.4 Å². The molecule has 0 aliphatic carbocycles. The maximum absolute atomic E-state index is 12.3. The zero-order chi connectivity index (χ0) is 21.0. The first-order valence-corrected chi connectivity index (χ1v) is 10.3. The molecule has 2 aromatic carbocycles. The van der Waals surface area contributed by atoms with Crippen molar-refractivity contribution < 1.29 is 19.1 Å². The summed E-state index contributed by atoms with van der Waals surface area (Å²) in [6.45, 7) is 1.80. The summed E-state index contributed by atoms with van der Waals surface area (Å²) in [7, 11) is 0. The lowest BCUT2D eigenvalue weighted by molar-refractivity contribution is -0.151. The molecule has 1 fully saturated rings. The number of ether oxygens (including phenoxy) is 1. The normalized spacial score (nSPS) is 16.0. The van der Waals surface area contributed by atoms with Crippen molar-refractivity contribution in [3.05, 3.63) is 57.5 Å². The van der Waals surface area contributed by atoms with Crippen LogP contribution < -0.4 is 10.2 Å². The number of benzene rings is 2. The molecule has 8 heteroatoms. The van der Waals surface area contributed by atoms with Crippen LogP contribution in [0.4, 0.5) is 11.4 Å². The molecule has 0 unspecified atom stereocenters. The van der Waals surface area contributed by atoms with E-state index in [1.54, 1.807) is 30.3 Å². The van der Waals surface area contributed by atoms with Crippen LogP contribution in [0.25, 0.3) is 0 Å². The van der Waals surface area contributed by atoms with Gasteiger partial charge in [-0.05, 0) is 54.4 Å². The molecule has 2 amide bonds. The third kappa shape index (κ3) is 5.36. The number of nitrogens with zero attached hydrogens (tertiary/aromatic N) is 1. The number of halogens is 2. The number of nitrogens with one attached hydrogen (secondary N) is 1. The quantitative estimate of drug-likeness (QED) is 0.630. The molecule has 0 bridgehead atoms. The van der Waals surface area contributed by atoms with Crippen LogP contribution in [0.15, 0.2) is 46.9 Å². The van der Waals surface area contributed by atoms with Crippen molar-refractivity contribution >= 4 is 56.7 Å². The van der Waals surface area contributed by atoms with Gasteiger partial charge in [0.05, 0.1) is 5.92 Å². The zero-order valence-electron chi connectivity index (χ0n) is 15.8. The predicted octanol–water partition coefficient (Wildman–Crippen LogP) is 4.20. The van der Waals surface area contributed by atoms with Gasteiger partial charge in [-0.15, -0.1) is 0 Å². The summed E-state index contributed by atoms with van der Waals surface area (Å²) in [6, 6.07) is 12.4. The van der Waals surface area contributed by atoms with Crippen LogP contribution in [0.1, 0.15) is 18.9 Å². The van der Waals surface area contributed by atoms with E-state index >= 15 is 0 Å². The van der Waals surface area contributed by atoms with Crippen LogP contribution in [0.3, 0.4) is 0 Å². The van der Waals surface area contributed by atoms with Crippen LogP contribution in [0.2, 0.25) is 5.02 Å². The maximum Gasteiger partial charge on any atom is 0.311 e. The average molecular weight is 480 g/mol. The Labute approximate surface area is 182 Å². The Balaban J connectivity index is 1.54. The Morgan fingerprint density at radius 2 is 1.97 bits per heavy atom. The fourth-order valence-electron chi connectivity index (χ4n) is 3.15. The van der Waals surface area contributed by atoms with Gasteiger partial charge in [0.25, 0.3) is 5.91 Å². The summed E-state index contributed by atoms with van der Waals surface area (Å²) in [6.07, 6.45) is 0.801. The van der Waals surface area contributed by atoms with Gasteiger partial charge in [-0.2, -0.15) is 0 Å².